The first kappa shape index (κ1) is 30.5. The highest BCUT2D eigenvalue weighted by molar-refractivity contribution is 6.74. The Kier molecular flexibility index (Phi) is 7.64. The van der Waals surface area contributed by atoms with E-state index in [0.29, 0.717) is 17.6 Å². The topological polar surface area (TPSA) is 35.5 Å². The quantitative estimate of drug-likeness (QED) is 0.315. The van der Waals surface area contributed by atoms with Gasteiger partial charge in [-0.15, -0.1) is 0 Å². The van der Waals surface area contributed by atoms with Crippen LogP contribution in [0.25, 0.3) is 0 Å². The van der Waals surface area contributed by atoms with Crippen molar-refractivity contribution in [1.82, 2.24) is 0 Å². The van der Waals surface area contributed by atoms with Crippen LogP contribution in [0.3, 0.4) is 0 Å². The number of rotatable bonds is 5. The fourth-order valence-corrected chi connectivity index (χ4v) is 10.8. The summed E-state index contributed by atoms with van der Waals surface area (Å²) in [7, 11) is -3.90. The molecule has 0 amide bonds. The van der Waals surface area contributed by atoms with Crippen LogP contribution in [0, 0.1) is 28.6 Å². The maximum absolute atomic E-state index is 12.6. The van der Waals surface area contributed by atoms with Gasteiger partial charge >= 0.3 is 0 Å². The van der Waals surface area contributed by atoms with E-state index in [1.165, 1.54) is 6.42 Å². The van der Waals surface area contributed by atoms with Crippen molar-refractivity contribution in [2.24, 2.45) is 28.6 Å². The molecular weight excluding hydrogens is 501 g/mol. The van der Waals surface area contributed by atoms with Gasteiger partial charge in [0, 0.05) is 11.3 Å². The number of allylic oxidation sites excluding steroid dienone is 3. The molecule has 0 aromatic heterocycles. The van der Waals surface area contributed by atoms with E-state index in [1.807, 2.05) is 6.92 Å². The van der Waals surface area contributed by atoms with E-state index in [-0.39, 0.29) is 39.0 Å². The van der Waals surface area contributed by atoms with Crippen LogP contribution in [-0.2, 0) is 13.6 Å². The highest BCUT2D eigenvalue weighted by Crippen LogP contribution is 2.66. The molecular formula is C33H58O3Si2. The van der Waals surface area contributed by atoms with Crippen LogP contribution in [0.4, 0.5) is 0 Å². The molecule has 38 heavy (non-hydrogen) atoms. The predicted octanol–water partition coefficient (Wildman–Crippen LogP) is 9.47. The first-order valence-electron chi connectivity index (χ1n) is 15.4. The molecule has 0 heterocycles. The molecule has 4 rings (SSSR count). The average Bonchev–Trinajstić information content (AvgIpc) is 3.10. The van der Waals surface area contributed by atoms with Crippen molar-refractivity contribution in [2.75, 3.05) is 0 Å². The molecule has 216 valence electrons. The maximum atomic E-state index is 12.6. The summed E-state index contributed by atoms with van der Waals surface area (Å²) in [4.78, 5) is 12.6. The summed E-state index contributed by atoms with van der Waals surface area (Å²) in [6, 6.07) is 0. The van der Waals surface area contributed by atoms with Gasteiger partial charge < -0.3 is 8.85 Å². The number of ketones is 1. The van der Waals surface area contributed by atoms with Crippen LogP contribution in [0.15, 0.2) is 23.3 Å². The van der Waals surface area contributed by atoms with Crippen LogP contribution in [0.1, 0.15) is 101 Å². The molecule has 0 aromatic rings. The second-order valence-corrected chi connectivity index (χ2v) is 26.4. The Hall–Kier alpha value is -0.496. The summed E-state index contributed by atoms with van der Waals surface area (Å²) < 4.78 is 14.5. The minimum Gasteiger partial charge on any atom is -0.414 e. The Morgan fingerprint density at radius 3 is 2.00 bits per heavy atom. The van der Waals surface area contributed by atoms with Gasteiger partial charge in [0.2, 0.25) is 0 Å². The minimum absolute atomic E-state index is 0.00251. The monoisotopic (exact) mass is 558 g/mol. The van der Waals surface area contributed by atoms with Crippen molar-refractivity contribution >= 4 is 22.4 Å². The lowest BCUT2D eigenvalue weighted by molar-refractivity contribution is -0.125. The van der Waals surface area contributed by atoms with E-state index in [1.54, 1.807) is 11.1 Å². The SMILES string of the molecule is CC(=O)[C@H]1CC[C@H]2C3=CC=C4C[C@@H](O[Si](C)(C)C(C)(C)C)C[C@H](O[Si](C)(C)C(C)(C)C)[C@]4(C)[C@H]3CC[C@]12C. The Morgan fingerprint density at radius 2 is 1.45 bits per heavy atom. The number of carbonyl (C=O) groups is 1. The summed E-state index contributed by atoms with van der Waals surface area (Å²) in [5, 5.41) is 0.361. The number of Topliss-reactive ketones (excluding diaryl/α,β-unsaturated/α-hetero) is 1. The van der Waals surface area contributed by atoms with Crippen molar-refractivity contribution < 1.29 is 13.6 Å². The van der Waals surface area contributed by atoms with Crippen molar-refractivity contribution in [3.63, 3.8) is 0 Å². The molecule has 4 aliphatic carbocycles. The van der Waals surface area contributed by atoms with Crippen LogP contribution in [-0.4, -0.2) is 34.6 Å². The van der Waals surface area contributed by atoms with E-state index in [0.717, 1.165) is 32.1 Å². The van der Waals surface area contributed by atoms with Crippen LogP contribution < -0.4 is 0 Å². The summed E-state index contributed by atoms with van der Waals surface area (Å²) in [5.41, 5.74) is 3.30. The average molecular weight is 559 g/mol. The third kappa shape index (κ3) is 4.83. The van der Waals surface area contributed by atoms with E-state index >= 15 is 0 Å². The summed E-state index contributed by atoms with van der Waals surface area (Å²) in [6.07, 6.45) is 11.9. The van der Waals surface area contributed by atoms with Gasteiger partial charge in [-0.3, -0.25) is 4.79 Å². The first-order valence-corrected chi connectivity index (χ1v) is 21.2. The zero-order chi connectivity index (χ0) is 28.7. The van der Waals surface area contributed by atoms with Crippen molar-refractivity contribution in [3.8, 4) is 0 Å². The van der Waals surface area contributed by atoms with Gasteiger partial charge in [0.25, 0.3) is 0 Å². The molecule has 5 heteroatoms. The van der Waals surface area contributed by atoms with Gasteiger partial charge in [-0.25, -0.2) is 0 Å². The second kappa shape index (κ2) is 9.53. The molecule has 0 radical (unpaired) electrons. The van der Waals surface area contributed by atoms with Crippen LogP contribution in [0.5, 0.6) is 0 Å². The van der Waals surface area contributed by atoms with Gasteiger partial charge in [-0.05, 0) is 99.0 Å². The number of hydrogen-bond acceptors (Lipinski definition) is 3. The molecule has 0 N–H and O–H groups in total. The third-order valence-corrected chi connectivity index (χ3v) is 21.6. The van der Waals surface area contributed by atoms with Crippen molar-refractivity contribution in [1.29, 1.82) is 0 Å². The number of fused-ring (bicyclic) bond motifs is 5. The van der Waals surface area contributed by atoms with E-state index in [2.05, 4.69) is 93.7 Å². The summed E-state index contributed by atoms with van der Waals surface area (Å²) >= 11 is 0. The lowest BCUT2D eigenvalue weighted by Gasteiger charge is -2.59. The molecule has 0 aliphatic heterocycles. The largest absolute Gasteiger partial charge is 0.414 e. The predicted molar refractivity (Wildman–Crippen MR) is 165 cm³/mol. The Balaban J connectivity index is 1.74. The van der Waals surface area contributed by atoms with Gasteiger partial charge in [0.15, 0.2) is 16.6 Å². The second-order valence-electron chi connectivity index (χ2n) is 16.8. The van der Waals surface area contributed by atoms with Gasteiger partial charge in [-0.2, -0.15) is 0 Å². The molecule has 3 nitrogen and oxygen atoms in total. The summed E-state index contributed by atoms with van der Waals surface area (Å²) in [5.74, 6) is 1.66. The molecule has 0 aromatic carbocycles. The first-order chi connectivity index (χ1) is 17.1. The molecule has 0 spiro atoms. The molecule has 3 saturated carbocycles. The number of hydrogen-bond donors (Lipinski definition) is 0. The molecule has 3 fully saturated rings. The minimum atomic E-state index is -2.00. The Morgan fingerprint density at radius 1 is 0.868 bits per heavy atom. The molecule has 4 aliphatic rings. The van der Waals surface area contributed by atoms with Crippen LogP contribution >= 0.6 is 0 Å². The normalized spacial score (nSPS) is 38.1. The third-order valence-electron chi connectivity index (χ3n) is 12.6. The molecule has 0 bridgehead atoms. The van der Waals surface area contributed by atoms with Crippen molar-refractivity contribution in [3.05, 3.63) is 23.3 Å². The summed E-state index contributed by atoms with van der Waals surface area (Å²) in [6.45, 7) is 30.5. The van der Waals surface area contributed by atoms with Crippen molar-refractivity contribution in [2.45, 2.75) is 149 Å². The van der Waals surface area contributed by atoms with E-state index in [4.69, 9.17) is 8.85 Å². The zero-order valence-corrected chi connectivity index (χ0v) is 29.0. The maximum Gasteiger partial charge on any atom is 0.192 e. The van der Waals surface area contributed by atoms with Gasteiger partial charge in [0.1, 0.15) is 5.78 Å². The van der Waals surface area contributed by atoms with E-state index in [9.17, 15) is 4.79 Å². The molecule has 0 unspecified atom stereocenters. The van der Waals surface area contributed by atoms with Gasteiger partial charge in [0.05, 0.1) is 12.2 Å². The smallest absolute Gasteiger partial charge is 0.192 e. The van der Waals surface area contributed by atoms with Gasteiger partial charge in [-0.1, -0.05) is 78.7 Å². The lowest BCUT2D eigenvalue weighted by Crippen LogP contribution is -2.58. The highest BCUT2D eigenvalue weighted by atomic mass is 28.4. The fourth-order valence-electron chi connectivity index (χ4n) is 8.06. The lowest BCUT2D eigenvalue weighted by atomic mass is 9.49. The van der Waals surface area contributed by atoms with E-state index < -0.39 is 16.6 Å². The molecule has 0 saturated heterocycles. The Labute approximate surface area is 236 Å². The van der Waals surface area contributed by atoms with Crippen LogP contribution in [0.2, 0.25) is 36.3 Å². The highest BCUT2D eigenvalue weighted by Gasteiger charge is 2.60. The zero-order valence-electron chi connectivity index (χ0n) is 27.0. The standard InChI is InChI=1S/C33H58O3Si2/c1-22(34)26-16-17-27-25-15-14-23-20-24(35-37(10,11)30(2,3)4)21-29(36-38(12,13)31(5,6)7)33(23,9)28(25)18-19-32(26,27)8/h14-15,24,26-29H,16-21H2,1-13H3/t24-,26-,27+,28+,29+,32-,33+/m1/s1. The number of carbonyl (C=O) groups excluding carboxylic acids is 1. The Bertz CT molecular complexity index is 1010. The molecule has 7 atom stereocenters. The fraction of sp³-hybridized carbons (Fsp3) is 0.848.